The third-order valence-corrected chi connectivity index (χ3v) is 4.36. The first-order valence-corrected chi connectivity index (χ1v) is 7.85. The highest BCUT2D eigenvalue weighted by molar-refractivity contribution is 6.01. The van der Waals surface area contributed by atoms with Gasteiger partial charge in [0.2, 0.25) is 0 Å². The van der Waals surface area contributed by atoms with Crippen LogP contribution in [0.5, 0.6) is 5.75 Å². The normalized spacial score (nSPS) is 20.0. The van der Waals surface area contributed by atoms with Crippen LogP contribution in [0, 0.1) is 5.82 Å². The fourth-order valence-corrected chi connectivity index (χ4v) is 2.91. The SMILES string of the molecule is CN1N=C(N)C2=CC=C(c3ccc(F)cc3OCC(F)(F)C(F)(F)F)CC21. The maximum absolute atomic E-state index is 13.5. The van der Waals surface area contributed by atoms with Crippen LogP contribution in [0.15, 0.2) is 41.0 Å². The Morgan fingerprint density at radius 1 is 1.22 bits per heavy atom. The molecule has 146 valence electrons. The molecule has 0 fully saturated rings. The quantitative estimate of drug-likeness (QED) is 0.797. The molecule has 1 heterocycles. The van der Waals surface area contributed by atoms with E-state index in [4.69, 9.17) is 5.73 Å². The first-order chi connectivity index (χ1) is 12.5. The molecule has 27 heavy (non-hydrogen) atoms. The largest absolute Gasteiger partial charge is 0.486 e. The van der Waals surface area contributed by atoms with Crippen molar-refractivity contribution in [3.63, 3.8) is 0 Å². The van der Waals surface area contributed by atoms with E-state index in [-0.39, 0.29) is 11.6 Å². The van der Waals surface area contributed by atoms with E-state index in [1.165, 1.54) is 6.07 Å². The highest BCUT2D eigenvalue weighted by atomic mass is 19.4. The first kappa shape index (κ1) is 19.1. The van der Waals surface area contributed by atoms with Gasteiger partial charge in [-0.25, -0.2) is 4.39 Å². The number of ether oxygens (including phenoxy) is 1. The smallest absolute Gasteiger partial charge is 0.456 e. The summed E-state index contributed by atoms with van der Waals surface area (Å²) in [6, 6.07) is 2.93. The van der Waals surface area contributed by atoms with Crippen molar-refractivity contribution >= 4 is 11.4 Å². The molecule has 0 radical (unpaired) electrons. The summed E-state index contributed by atoms with van der Waals surface area (Å²) in [7, 11) is 1.70. The van der Waals surface area contributed by atoms with Gasteiger partial charge < -0.3 is 10.5 Å². The van der Waals surface area contributed by atoms with Crippen molar-refractivity contribution < 1.29 is 31.1 Å². The van der Waals surface area contributed by atoms with Crippen LogP contribution < -0.4 is 10.5 Å². The number of alkyl halides is 5. The van der Waals surface area contributed by atoms with E-state index in [9.17, 15) is 26.3 Å². The van der Waals surface area contributed by atoms with Crippen LogP contribution in [-0.2, 0) is 0 Å². The third kappa shape index (κ3) is 3.60. The number of benzene rings is 1. The molecule has 0 saturated heterocycles. The zero-order valence-corrected chi connectivity index (χ0v) is 14.0. The molecule has 2 aliphatic rings. The van der Waals surface area contributed by atoms with E-state index in [0.717, 1.165) is 17.7 Å². The molecule has 1 aromatic rings. The number of amidine groups is 1. The van der Waals surface area contributed by atoms with Gasteiger partial charge in [-0.3, -0.25) is 5.01 Å². The predicted octanol–water partition coefficient (Wildman–Crippen LogP) is 3.70. The van der Waals surface area contributed by atoms with E-state index in [1.54, 1.807) is 24.2 Å². The number of nitrogens with zero attached hydrogens (tertiary/aromatic N) is 2. The van der Waals surface area contributed by atoms with Gasteiger partial charge in [0.05, 0.1) is 6.04 Å². The number of nitrogens with two attached hydrogens (primary N) is 1. The van der Waals surface area contributed by atoms with Crippen LogP contribution in [0.25, 0.3) is 5.57 Å². The molecular formula is C17H15F6N3O. The molecule has 1 aliphatic heterocycles. The van der Waals surface area contributed by atoms with Gasteiger partial charge in [-0.15, -0.1) is 0 Å². The van der Waals surface area contributed by atoms with E-state index >= 15 is 0 Å². The van der Waals surface area contributed by atoms with Crippen LogP contribution >= 0.6 is 0 Å². The van der Waals surface area contributed by atoms with Crippen LogP contribution in [-0.4, -0.2) is 42.6 Å². The number of likely N-dealkylation sites (N-methyl/N-ethyl adjacent to an activating group) is 1. The van der Waals surface area contributed by atoms with Crippen LogP contribution in [0.4, 0.5) is 26.3 Å². The number of fused-ring (bicyclic) bond motifs is 1. The molecule has 0 saturated carbocycles. The van der Waals surface area contributed by atoms with E-state index < -0.39 is 30.3 Å². The minimum atomic E-state index is -5.76. The summed E-state index contributed by atoms with van der Waals surface area (Å²) in [5.74, 6) is -5.92. The molecule has 1 aromatic carbocycles. The lowest BCUT2D eigenvalue weighted by Gasteiger charge is -2.26. The van der Waals surface area contributed by atoms with Crippen molar-refractivity contribution in [2.24, 2.45) is 10.8 Å². The molecule has 0 bridgehead atoms. The topological polar surface area (TPSA) is 50.8 Å². The highest BCUT2D eigenvalue weighted by Gasteiger charge is 2.58. The lowest BCUT2D eigenvalue weighted by atomic mass is 9.89. The Balaban J connectivity index is 1.89. The van der Waals surface area contributed by atoms with Crippen molar-refractivity contribution in [1.82, 2.24) is 5.01 Å². The minimum Gasteiger partial charge on any atom is -0.486 e. The van der Waals surface area contributed by atoms with E-state index in [0.29, 0.717) is 17.8 Å². The van der Waals surface area contributed by atoms with Crippen molar-refractivity contribution in [3.8, 4) is 5.75 Å². The van der Waals surface area contributed by atoms with Gasteiger partial charge in [-0.1, -0.05) is 12.2 Å². The molecule has 4 nitrogen and oxygen atoms in total. The van der Waals surface area contributed by atoms with Gasteiger partial charge in [-0.2, -0.15) is 27.1 Å². The number of hydrogen-bond donors (Lipinski definition) is 1. The van der Waals surface area contributed by atoms with Crippen molar-refractivity contribution in [1.29, 1.82) is 0 Å². The van der Waals surface area contributed by atoms with E-state index in [2.05, 4.69) is 9.84 Å². The fourth-order valence-electron chi connectivity index (χ4n) is 2.91. The van der Waals surface area contributed by atoms with Crippen molar-refractivity contribution in [2.45, 2.75) is 24.6 Å². The van der Waals surface area contributed by atoms with Gasteiger partial charge in [-0.05, 0) is 24.1 Å². The molecule has 1 aliphatic carbocycles. The average Bonchev–Trinajstić information content (AvgIpc) is 2.86. The summed E-state index contributed by atoms with van der Waals surface area (Å²) in [5.41, 5.74) is 7.37. The Kier molecular flexibility index (Phi) is 4.61. The molecule has 10 heteroatoms. The number of hydrazone groups is 1. The number of rotatable bonds is 4. The maximum Gasteiger partial charge on any atom is 0.456 e. The molecule has 1 unspecified atom stereocenters. The predicted molar refractivity (Wildman–Crippen MR) is 86.7 cm³/mol. The number of halogens is 6. The first-order valence-electron chi connectivity index (χ1n) is 7.85. The lowest BCUT2D eigenvalue weighted by molar-refractivity contribution is -0.290. The Hall–Kier alpha value is -2.65. The minimum absolute atomic E-state index is 0.209. The van der Waals surface area contributed by atoms with Gasteiger partial charge in [0.15, 0.2) is 6.61 Å². The van der Waals surface area contributed by atoms with Gasteiger partial charge >= 0.3 is 12.1 Å². The molecule has 2 N–H and O–H groups in total. The molecule has 0 amide bonds. The van der Waals surface area contributed by atoms with Gasteiger partial charge in [0.1, 0.15) is 17.4 Å². The number of hydrogen-bond acceptors (Lipinski definition) is 4. The summed E-state index contributed by atoms with van der Waals surface area (Å²) >= 11 is 0. The second-order valence-corrected chi connectivity index (χ2v) is 6.22. The summed E-state index contributed by atoms with van der Waals surface area (Å²) in [4.78, 5) is 0. The molecule has 0 spiro atoms. The highest BCUT2D eigenvalue weighted by Crippen LogP contribution is 2.39. The fraction of sp³-hybridized carbons (Fsp3) is 0.353. The van der Waals surface area contributed by atoms with Crippen LogP contribution in [0.2, 0.25) is 0 Å². The second kappa shape index (κ2) is 6.50. The standard InChI is InChI=1S/C17H15F6N3O/c1-26-13-6-9(2-4-12(13)15(24)25-26)11-5-3-10(18)7-14(11)27-8-16(19,20)17(21,22)23/h2-5,7,13H,6,8H2,1H3,(H2,24,25). The van der Waals surface area contributed by atoms with Crippen LogP contribution in [0.1, 0.15) is 12.0 Å². The lowest BCUT2D eigenvalue weighted by Crippen LogP contribution is -2.41. The summed E-state index contributed by atoms with van der Waals surface area (Å²) < 4.78 is 81.6. The molecular weight excluding hydrogens is 376 g/mol. The Bertz CT molecular complexity index is 844. The second-order valence-electron chi connectivity index (χ2n) is 6.22. The zero-order valence-electron chi connectivity index (χ0n) is 14.0. The molecule has 1 atom stereocenters. The van der Waals surface area contributed by atoms with Crippen molar-refractivity contribution in [3.05, 3.63) is 47.3 Å². The monoisotopic (exact) mass is 391 g/mol. The van der Waals surface area contributed by atoms with Crippen LogP contribution in [0.3, 0.4) is 0 Å². The summed E-state index contributed by atoms with van der Waals surface area (Å²) in [5, 5.41) is 5.73. The third-order valence-electron chi connectivity index (χ3n) is 4.36. The summed E-state index contributed by atoms with van der Waals surface area (Å²) in [6.45, 7) is -1.94. The number of allylic oxidation sites excluding steroid dienone is 2. The Morgan fingerprint density at radius 3 is 2.59 bits per heavy atom. The maximum atomic E-state index is 13.5. The van der Waals surface area contributed by atoms with Gasteiger partial charge in [0.25, 0.3) is 0 Å². The Labute approximate surface area is 150 Å². The Morgan fingerprint density at radius 2 is 1.93 bits per heavy atom. The summed E-state index contributed by atoms with van der Waals surface area (Å²) in [6.07, 6.45) is -2.09. The van der Waals surface area contributed by atoms with Gasteiger partial charge in [0, 0.05) is 24.3 Å². The average molecular weight is 391 g/mol. The van der Waals surface area contributed by atoms with E-state index in [1.807, 2.05) is 0 Å². The zero-order chi connectivity index (χ0) is 20.0. The van der Waals surface area contributed by atoms with Crippen molar-refractivity contribution in [2.75, 3.05) is 13.7 Å². The molecule has 0 aromatic heterocycles. The molecule has 3 rings (SSSR count).